The topological polar surface area (TPSA) is 93.4 Å². The number of carbonyl (C=O) groups excluding carboxylic acids is 1. The molecule has 4 N–H and O–H groups in total. The summed E-state index contributed by atoms with van der Waals surface area (Å²) in [5.41, 5.74) is 6.13. The van der Waals surface area contributed by atoms with Crippen molar-refractivity contribution in [1.29, 1.82) is 0 Å². The van der Waals surface area contributed by atoms with Crippen LogP contribution in [0.2, 0.25) is 0 Å². The third-order valence-corrected chi connectivity index (χ3v) is 7.07. The fourth-order valence-electron chi connectivity index (χ4n) is 4.99. The van der Waals surface area contributed by atoms with Gasteiger partial charge in [-0.05, 0) is 56.5 Å². The first-order chi connectivity index (χ1) is 16.0. The molecule has 174 valence electrons. The minimum absolute atomic E-state index is 0.0286. The quantitative estimate of drug-likeness (QED) is 0.374. The molecule has 8 heteroatoms. The lowest BCUT2D eigenvalue weighted by Crippen LogP contribution is -2.38. The number of ether oxygens (including phenoxy) is 1. The van der Waals surface area contributed by atoms with E-state index in [0.717, 1.165) is 101 Å². The van der Waals surface area contributed by atoms with Crippen molar-refractivity contribution in [2.45, 2.75) is 26.2 Å². The molecule has 1 aliphatic carbocycles. The summed E-state index contributed by atoms with van der Waals surface area (Å²) in [5, 5.41) is 14.8. The van der Waals surface area contributed by atoms with Gasteiger partial charge in [0, 0.05) is 46.3 Å². The average molecular weight is 513 g/mol. The first-order valence-corrected chi connectivity index (χ1v) is 12.3. The van der Waals surface area contributed by atoms with E-state index in [0.29, 0.717) is 6.54 Å². The Balaban J connectivity index is 1.36. The standard InChI is InChI=1S/C25H29BrN4O3/c1-15-21(24(31)27-8-3-9-30-10-12-33-13-11-30)17-4-2-5-18(23(17)28-15)22-19-14-16(26)6-7-20(19)29-25(22)32/h5-7,14,28-29,32H,2-4,8-13H2,1H3,(H,27,31). The Morgan fingerprint density at radius 1 is 1.27 bits per heavy atom. The van der Waals surface area contributed by atoms with Crippen LogP contribution in [0.25, 0.3) is 16.5 Å². The molecule has 0 saturated carbocycles. The number of carbonyl (C=O) groups is 1. The van der Waals surface area contributed by atoms with Gasteiger partial charge in [-0.1, -0.05) is 22.0 Å². The third kappa shape index (κ3) is 4.35. The summed E-state index contributed by atoms with van der Waals surface area (Å²) in [4.78, 5) is 22.0. The first kappa shape index (κ1) is 22.3. The predicted molar refractivity (Wildman–Crippen MR) is 133 cm³/mol. The van der Waals surface area contributed by atoms with Crippen molar-refractivity contribution in [3.63, 3.8) is 0 Å². The van der Waals surface area contributed by atoms with Gasteiger partial charge in [-0.3, -0.25) is 9.69 Å². The van der Waals surface area contributed by atoms with E-state index in [1.807, 2.05) is 25.1 Å². The number of halogens is 1. The molecule has 5 rings (SSSR count). The fourth-order valence-corrected chi connectivity index (χ4v) is 5.36. The van der Waals surface area contributed by atoms with Crippen LogP contribution >= 0.6 is 15.9 Å². The molecule has 2 aromatic heterocycles. The van der Waals surface area contributed by atoms with Gasteiger partial charge in [-0.25, -0.2) is 0 Å². The van der Waals surface area contributed by atoms with Gasteiger partial charge >= 0.3 is 0 Å². The van der Waals surface area contributed by atoms with Gasteiger partial charge in [0.05, 0.1) is 30.0 Å². The number of morpholine rings is 1. The number of amides is 1. The van der Waals surface area contributed by atoms with Crippen molar-refractivity contribution < 1.29 is 14.6 Å². The molecule has 0 bridgehead atoms. The second-order valence-electron chi connectivity index (χ2n) is 8.74. The highest BCUT2D eigenvalue weighted by atomic mass is 79.9. The minimum atomic E-state index is -0.0286. The van der Waals surface area contributed by atoms with Crippen LogP contribution in [0, 0.1) is 6.92 Å². The number of aromatic nitrogens is 2. The fraction of sp³-hybridized carbons (Fsp3) is 0.400. The van der Waals surface area contributed by atoms with Gasteiger partial charge in [0.1, 0.15) is 0 Å². The summed E-state index contributed by atoms with van der Waals surface area (Å²) >= 11 is 3.54. The molecule has 3 aromatic rings. The number of fused-ring (bicyclic) bond motifs is 2. The van der Waals surface area contributed by atoms with Crippen LogP contribution < -0.4 is 5.32 Å². The Bertz CT molecular complexity index is 1220. The maximum Gasteiger partial charge on any atom is 0.253 e. The molecule has 1 aromatic carbocycles. The zero-order valence-corrected chi connectivity index (χ0v) is 20.3. The Labute approximate surface area is 201 Å². The van der Waals surface area contributed by atoms with Crippen molar-refractivity contribution >= 4 is 38.3 Å². The highest BCUT2D eigenvalue weighted by molar-refractivity contribution is 9.10. The second kappa shape index (κ2) is 9.37. The van der Waals surface area contributed by atoms with Crippen LogP contribution in [0.1, 0.15) is 45.7 Å². The van der Waals surface area contributed by atoms with Crippen LogP contribution in [0.4, 0.5) is 0 Å². The Kier molecular flexibility index (Phi) is 6.32. The van der Waals surface area contributed by atoms with Crippen LogP contribution in [0.3, 0.4) is 0 Å². The summed E-state index contributed by atoms with van der Waals surface area (Å²) < 4.78 is 6.34. The maximum atomic E-state index is 13.1. The van der Waals surface area contributed by atoms with E-state index in [1.165, 1.54) is 0 Å². The van der Waals surface area contributed by atoms with Crippen molar-refractivity contribution in [3.8, 4) is 5.88 Å². The number of aryl methyl sites for hydroxylation is 1. The molecular formula is C25H29BrN4O3. The Morgan fingerprint density at radius 3 is 2.91 bits per heavy atom. The first-order valence-electron chi connectivity index (χ1n) is 11.5. The summed E-state index contributed by atoms with van der Waals surface area (Å²) in [6, 6.07) is 5.90. The number of benzene rings is 1. The smallest absolute Gasteiger partial charge is 0.253 e. The largest absolute Gasteiger partial charge is 0.494 e. The highest BCUT2D eigenvalue weighted by Crippen LogP contribution is 2.41. The van der Waals surface area contributed by atoms with Crippen molar-refractivity contribution in [3.05, 3.63) is 56.8 Å². The molecule has 7 nitrogen and oxygen atoms in total. The lowest BCUT2D eigenvalue weighted by Gasteiger charge is -2.26. The molecule has 1 aliphatic heterocycles. The lowest BCUT2D eigenvalue weighted by molar-refractivity contribution is 0.0374. The van der Waals surface area contributed by atoms with E-state index in [-0.39, 0.29) is 11.8 Å². The van der Waals surface area contributed by atoms with E-state index in [9.17, 15) is 9.90 Å². The Hall–Kier alpha value is -2.55. The number of nitrogens with zero attached hydrogens (tertiary/aromatic N) is 1. The second-order valence-corrected chi connectivity index (χ2v) is 9.65. The Morgan fingerprint density at radius 2 is 2.09 bits per heavy atom. The summed E-state index contributed by atoms with van der Waals surface area (Å²) in [5.74, 6) is 0.114. The molecule has 0 unspecified atom stereocenters. The monoisotopic (exact) mass is 512 g/mol. The van der Waals surface area contributed by atoms with Crippen molar-refractivity contribution in [1.82, 2.24) is 20.2 Å². The number of allylic oxidation sites excluding steroid dienone is 1. The normalized spacial score (nSPS) is 16.6. The SMILES string of the molecule is Cc1[nH]c2c(c1C(=O)NCCCN1CCOCC1)CCC=C2c1c(O)[nH]c2ccc(Br)cc12. The van der Waals surface area contributed by atoms with E-state index in [4.69, 9.17) is 4.74 Å². The number of nitrogens with one attached hydrogen (secondary N) is 3. The number of aromatic hydroxyl groups is 1. The van der Waals surface area contributed by atoms with E-state index in [2.05, 4.69) is 42.2 Å². The average Bonchev–Trinajstić information content (AvgIpc) is 3.32. The molecule has 0 atom stereocenters. The van der Waals surface area contributed by atoms with Gasteiger partial charge < -0.3 is 25.1 Å². The van der Waals surface area contributed by atoms with E-state index >= 15 is 0 Å². The van der Waals surface area contributed by atoms with Crippen LogP contribution in [0.5, 0.6) is 5.88 Å². The van der Waals surface area contributed by atoms with Gasteiger partial charge in [0.15, 0.2) is 5.88 Å². The number of hydrogen-bond acceptors (Lipinski definition) is 4. The molecule has 1 amide bonds. The maximum absolute atomic E-state index is 13.1. The van der Waals surface area contributed by atoms with Gasteiger partial charge in [0.25, 0.3) is 5.91 Å². The van der Waals surface area contributed by atoms with Crippen LogP contribution in [-0.4, -0.2) is 65.3 Å². The molecule has 33 heavy (non-hydrogen) atoms. The van der Waals surface area contributed by atoms with Crippen molar-refractivity contribution in [2.75, 3.05) is 39.4 Å². The van der Waals surface area contributed by atoms with Crippen LogP contribution in [-0.2, 0) is 11.2 Å². The molecule has 1 fully saturated rings. The molecule has 1 saturated heterocycles. The summed E-state index contributed by atoms with van der Waals surface area (Å²) in [7, 11) is 0. The van der Waals surface area contributed by atoms with Crippen LogP contribution in [0.15, 0.2) is 28.7 Å². The molecule has 3 heterocycles. The molecule has 0 spiro atoms. The van der Waals surface area contributed by atoms with Gasteiger partial charge in [0.2, 0.25) is 0 Å². The van der Waals surface area contributed by atoms with Gasteiger partial charge in [-0.15, -0.1) is 0 Å². The number of H-pyrrole nitrogens is 2. The number of hydrogen-bond donors (Lipinski definition) is 4. The summed E-state index contributed by atoms with van der Waals surface area (Å²) in [6.45, 7) is 7.07. The number of rotatable bonds is 6. The molecular weight excluding hydrogens is 484 g/mol. The van der Waals surface area contributed by atoms with E-state index < -0.39 is 0 Å². The number of aromatic amines is 2. The molecule has 0 radical (unpaired) electrons. The zero-order valence-electron chi connectivity index (χ0n) is 18.8. The van der Waals surface area contributed by atoms with Crippen molar-refractivity contribution in [2.24, 2.45) is 0 Å². The lowest BCUT2D eigenvalue weighted by atomic mass is 9.89. The zero-order chi connectivity index (χ0) is 22.9. The summed E-state index contributed by atoms with van der Waals surface area (Å²) in [6.07, 6.45) is 4.68. The van der Waals surface area contributed by atoms with Gasteiger partial charge in [-0.2, -0.15) is 0 Å². The van der Waals surface area contributed by atoms with E-state index in [1.54, 1.807) is 0 Å². The molecule has 2 aliphatic rings. The highest BCUT2D eigenvalue weighted by Gasteiger charge is 2.28. The third-order valence-electron chi connectivity index (χ3n) is 6.58. The minimum Gasteiger partial charge on any atom is -0.494 e. The predicted octanol–water partition coefficient (Wildman–Crippen LogP) is 4.10.